The van der Waals surface area contributed by atoms with E-state index in [1.54, 1.807) is 30.9 Å². The largest absolute Gasteiger partial charge is 0.476 e. The molecule has 0 radical (unpaired) electrons. The van der Waals surface area contributed by atoms with Gasteiger partial charge in [-0.15, -0.1) is 0 Å². The summed E-state index contributed by atoms with van der Waals surface area (Å²) in [6, 6.07) is 13.0. The SMILES string of the molecule is Cc1ccc2c(c1)N(CCC(=O)c1ccc(Br)cc1)C(=O)C(C)(C)O2. The van der Waals surface area contributed by atoms with E-state index in [2.05, 4.69) is 15.9 Å². The van der Waals surface area contributed by atoms with Gasteiger partial charge in [-0.2, -0.15) is 0 Å². The number of halogens is 1. The second kappa shape index (κ2) is 6.64. The molecule has 2 aromatic carbocycles. The highest BCUT2D eigenvalue weighted by atomic mass is 79.9. The molecule has 0 spiro atoms. The molecule has 1 aliphatic heterocycles. The van der Waals surface area contributed by atoms with Crippen molar-refractivity contribution in [1.29, 1.82) is 0 Å². The average Bonchev–Trinajstić information content (AvgIpc) is 2.56. The van der Waals surface area contributed by atoms with E-state index < -0.39 is 5.60 Å². The molecule has 4 nitrogen and oxygen atoms in total. The second-order valence-electron chi connectivity index (χ2n) is 6.72. The molecule has 0 saturated heterocycles. The van der Waals surface area contributed by atoms with Crippen molar-refractivity contribution >= 4 is 33.3 Å². The van der Waals surface area contributed by atoms with Crippen molar-refractivity contribution in [3.8, 4) is 5.75 Å². The molecule has 0 N–H and O–H groups in total. The highest BCUT2D eigenvalue weighted by Crippen LogP contribution is 2.38. The number of ketones is 1. The molecule has 25 heavy (non-hydrogen) atoms. The normalized spacial score (nSPS) is 15.5. The second-order valence-corrected chi connectivity index (χ2v) is 7.64. The van der Waals surface area contributed by atoms with E-state index in [0.29, 0.717) is 17.9 Å². The lowest BCUT2D eigenvalue weighted by molar-refractivity contribution is -0.132. The molecule has 1 aliphatic rings. The van der Waals surface area contributed by atoms with Crippen LogP contribution in [0.4, 0.5) is 5.69 Å². The zero-order chi connectivity index (χ0) is 18.2. The van der Waals surface area contributed by atoms with Gasteiger partial charge in [0, 0.05) is 23.0 Å². The summed E-state index contributed by atoms with van der Waals surface area (Å²) >= 11 is 3.36. The lowest BCUT2D eigenvalue weighted by Crippen LogP contribution is -2.53. The highest BCUT2D eigenvalue weighted by Gasteiger charge is 2.40. The maximum absolute atomic E-state index is 12.8. The molecule has 0 bridgehead atoms. The van der Waals surface area contributed by atoms with E-state index >= 15 is 0 Å². The van der Waals surface area contributed by atoms with E-state index in [0.717, 1.165) is 15.7 Å². The molecule has 5 heteroatoms. The van der Waals surface area contributed by atoms with E-state index in [-0.39, 0.29) is 18.1 Å². The van der Waals surface area contributed by atoms with Crippen molar-refractivity contribution in [2.45, 2.75) is 32.8 Å². The Morgan fingerprint density at radius 3 is 2.52 bits per heavy atom. The van der Waals surface area contributed by atoms with Gasteiger partial charge < -0.3 is 9.64 Å². The summed E-state index contributed by atoms with van der Waals surface area (Å²) in [5.74, 6) is 0.555. The summed E-state index contributed by atoms with van der Waals surface area (Å²) in [7, 11) is 0. The predicted octanol–water partition coefficient (Wildman–Crippen LogP) is 4.53. The Kier molecular flexibility index (Phi) is 4.69. The lowest BCUT2D eigenvalue weighted by atomic mass is 10.0. The van der Waals surface area contributed by atoms with E-state index in [1.165, 1.54) is 0 Å². The minimum Gasteiger partial charge on any atom is -0.476 e. The number of hydrogen-bond acceptors (Lipinski definition) is 3. The van der Waals surface area contributed by atoms with Crippen LogP contribution in [0.25, 0.3) is 0 Å². The van der Waals surface area contributed by atoms with Crippen molar-refractivity contribution in [1.82, 2.24) is 0 Å². The van der Waals surface area contributed by atoms with Gasteiger partial charge in [-0.3, -0.25) is 9.59 Å². The number of Topliss-reactive ketones (excluding diaryl/α,β-unsaturated/α-hetero) is 1. The molecule has 0 aromatic heterocycles. The number of carbonyl (C=O) groups excluding carboxylic acids is 2. The zero-order valence-corrected chi connectivity index (χ0v) is 16.1. The standard InChI is InChI=1S/C20H20BrNO3/c1-13-4-9-18-16(12-13)22(19(24)20(2,3)25-18)11-10-17(23)14-5-7-15(21)8-6-14/h4-9,12H,10-11H2,1-3H3. The molecule has 0 fully saturated rings. The van der Waals surface area contributed by atoms with Crippen LogP contribution in [0.1, 0.15) is 36.2 Å². The van der Waals surface area contributed by atoms with Crippen LogP contribution < -0.4 is 9.64 Å². The molecule has 2 aromatic rings. The van der Waals surface area contributed by atoms with Crippen LogP contribution in [-0.2, 0) is 4.79 Å². The van der Waals surface area contributed by atoms with Crippen LogP contribution >= 0.6 is 15.9 Å². The van der Waals surface area contributed by atoms with E-state index in [4.69, 9.17) is 4.74 Å². The van der Waals surface area contributed by atoms with Gasteiger partial charge in [-0.25, -0.2) is 0 Å². The number of aryl methyl sites for hydroxylation is 1. The van der Waals surface area contributed by atoms with Gasteiger partial charge in [-0.1, -0.05) is 34.1 Å². The topological polar surface area (TPSA) is 46.6 Å². The Labute approximate surface area is 155 Å². The first-order valence-corrected chi connectivity index (χ1v) is 8.97. The van der Waals surface area contributed by atoms with Gasteiger partial charge in [-0.05, 0) is 50.6 Å². The van der Waals surface area contributed by atoms with Crippen molar-refractivity contribution in [3.63, 3.8) is 0 Å². The lowest BCUT2D eigenvalue weighted by Gasteiger charge is -2.39. The fourth-order valence-electron chi connectivity index (χ4n) is 2.89. The third-order valence-electron chi connectivity index (χ3n) is 4.26. The number of carbonyl (C=O) groups is 2. The van der Waals surface area contributed by atoms with Gasteiger partial charge in [0.05, 0.1) is 5.69 Å². The zero-order valence-electron chi connectivity index (χ0n) is 14.5. The molecular formula is C20H20BrNO3. The van der Waals surface area contributed by atoms with Crippen molar-refractivity contribution < 1.29 is 14.3 Å². The molecule has 1 heterocycles. The fourth-order valence-corrected chi connectivity index (χ4v) is 3.16. The number of benzene rings is 2. The molecule has 1 amide bonds. The van der Waals surface area contributed by atoms with Crippen LogP contribution in [0, 0.1) is 6.92 Å². The van der Waals surface area contributed by atoms with Crippen LogP contribution in [0.2, 0.25) is 0 Å². The number of hydrogen-bond donors (Lipinski definition) is 0. The predicted molar refractivity (Wildman–Crippen MR) is 101 cm³/mol. The van der Waals surface area contributed by atoms with Crippen LogP contribution in [0.15, 0.2) is 46.9 Å². The van der Waals surface area contributed by atoms with Crippen molar-refractivity contribution in [3.05, 3.63) is 58.1 Å². The molecule has 0 saturated carbocycles. The highest BCUT2D eigenvalue weighted by molar-refractivity contribution is 9.10. The maximum Gasteiger partial charge on any atom is 0.270 e. The number of amides is 1. The summed E-state index contributed by atoms with van der Waals surface area (Å²) in [5.41, 5.74) is 1.47. The Balaban J connectivity index is 1.83. The molecule has 0 aliphatic carbocycles. The summed E-state index contributed by atoms with van der Waals surface area (Å²) in [6.07, 6.45) is 0.261. The molecule has 0 atom stereocenters. The minimum atomic E-state index is -0.942. The molecule has 3 rings (SSSR count). The van der Waals surface area contributed by atoms with Gasteiger partial charge in [0.15, 0.2) is 11.4 Å². The molecule has 130 valence electrons. The Bertz CT molecular complexity index is 827. The minimum absolute atomic E-state index is 0.0128. The first kappa shape index (κ1) is 17.7. The van der Waals surface area contributed by atoms with Crippen LogP contribution in [0.3, 0.4) is 0 Å². The Morgan fingerprint density at radius 2 is 1.84 bits per heavy atom. The van der Waals surface area contributed by atoms with Gasteiger partial charge in [0.25, 0.3) is 5.91 Å². The summed E-state index contributed by atoms with van der Waals surface area (Å²) < 4.78 is 6.77. The summed E-state index contributed by atoms with van der Waals surface area (Å²) in [6.45, 7) is 5.80. The van der Waals surface area contributed by atoms with Gasteiger partial charge in [0.1, 0.15) is 5.75 Å². The fraction of sp³-hybridized carbons (Fsp3) is 0.300. The van der Waals surface area contributed by atoms with Crippen molar-refractivity contribution in [2.75, 3.05) is 11.4 Å². The Morgan fingerprint density at radius 1 is 1.16 bits per heavy atom. The van der Waals surface area contributed by atoms with E-state index in [1.807, 2.05) is 37.3 Å². The quantitative estimate of drug-likeness (QED) is 0.706. The molecule has 0 unspecified atom stereocenters. The molecular weight excluding hydrogens is 382 g/mol. The maximum atomic E-state index is 12.8. The van der Waals surface area contributed by atoms with Gasteiger partial charge in [0.2, 0.25) is 0 Å². The third kappa shape index (κ3) is 3.61. The van der Waals surface area contributed by atoms with Crippen molar-refractivity contribution in [2.24, 2.45) is 0 Å². The summed E-state index contributed by atoms with van der Waals surface area (Å²) in [5, 5.41) is 0. The Hall–Kier alpha value is -2.14. The van der Waals surface area contributed by atoms with Crippen LogP contribution in [-0.4, -0.2) is 23.8 Å². The smallest absolute Gasteiger partial charge is 0.270 e. The number of ether oxygens (including phenoxy) is 1. The van der Waals surface area contributed by atoms with E-state index in [9.17, 15) is 9.59 Å². The van der Waals surface area contributed by atoms with Gasteiger partial charge >= 0.3 is 0 Å². The number of fused-ring (bicyclic) bond motifs is 1. The first-order chi connectivity index (χ1) is 11.8. The number of nitrogens with zero attached hydrogens (tertiary/aromatic N) is 1. The van der Waals surface area contributed by atoms with Crippen LogP contribution in [0.5, 0.6) is 5.75 Å². The monoisotopic (exact) mass is 401 g/mol. The third-order valence-corrected chi connectivity index (χ3v) is 4.79. The number of rotatable bonds is 4. The number of anilines is 1. The first-order valence-electron chi connectivity index (χ1n) is 8.18. The summed E-state index contributed by atoms with van der Waals surface area (Å²) in [4.78, 5) is 26.9. The average molecular weight is 402 g/mol.